The van der Waals surface area contributed by atoms with E-state index in [0.717, 1.165) is 0 Å². The highest BCUT2D eigenvalue weighted by atomic mass is 35.5. The Kier molecular flexibility index (Phi) is 4.83. The first-order valence-electron chi connectivity index (χ1n) is 7.81. The highest BCUT2D eigenvalue weighted by molar-refractivity contribution is 7.93. The Morgan fingerprint density at radius 1 is 1.24 bits per heavy atom. The summed E-state index contributed by atoms with van der Waals surface area (Å²) in [7, 11) is -3.92. The van der Waals surface area contributed by atoms with E-state index in [2.05, 4.69) is 10.2 Å². The molecule has 0 spiro atoms. The molecule has 0 radical (unpaired) electrons. The average molecular weight is 385 g/mol. The van der Waals surface area contributed by atoms with Crippen LogP contribution in [0.3, 0.4) is 0 Å². The lowest BCUT2D eigenvalue weighted by Crippen LogP contribution is -2.45. The van der Waals surface area contributed by atoms with Crippen molar-refractivity contribution in [1.82, 2.24) is 10.2 Å². The first kappa shape index (κ1) is 17.9. The number of carbonyl (C=O) groups excluding carboxylic acids is 1. The van der Waals surface area contributed by atoms with Gasteiger partial charge in [0, 0.05) is 11.9 Å². The molecular formula is C16H17ClN2O5S. The molecule has 0 bridgehead atoms. The number of benzene rings is 1. The molecule has 1 heterocycles. The molecule has 2 aromatic rings. The van der Waals surface area contributed by atoms with Gasteiger partial charge in [0.2, 0.25) is 5.89 Å². The Morgan fingerprint density at radius 2 is 1.88 bits per heavy atom. The summed E-state index contributed by atoms with van der Waals surface area (Å²) in [6.45, 7) is 1.36. The van der Waals surface area contributed by atoms with Crippen molar-refractivity contribution in [2.75, 3.05) is 0 Å². The summed E-state index contributed by atoms with van der Waals surface area (Å²) in [6, 6.07) is 5.80. The van der Waals surface area contributed by atoms with E-state index in [0.29, 0.717) is 23.8 Å². The molecule has 1 aromatic heterocycles. The van der Waals surface area contributed by atoms with Gasteiger partial charge in [-0.2, -0.15) is 0 Å². The molecule has 1 fully saturated rings. The van der Waals surface area contributed by atoms with Crippen molar-refractivity contribution in [3.8, 4) is 0 Å². The maximum atomic E-state index is 13.1. The van der Waals surface area contributed by atoms with Gasteiger partial charge in [-0.15, -0.1) is 10.2 Å². The minimum atomic E-state index is -3.92. The fourth-order valence-electron chi connectivity index (χ4n) is 3.02. The molecule has 0 amide bonds. The molecule has 3 rings (SSSR count). The highest BCUT2D eigenvalue weighted by Gasteiger charge is 2.54. The second kappa shape index (κ2) is 6.76. The molecule has 9 heteroatoms. The van der Waals surface area contributed by atoms with Crippen molar-refractivity contribution in [1.29, 1.82) is 0 Å². The number of sulfone groups is 1. The lowest BCUT2D eigenvalue weighted by atomic mass is 10.1. The number of esters is 1. The van der Waals surface area contributed by atoms with Gasteiger partial charge < -0.3 is 9.15 Å². The summed E-state index contributed by atoms with van der Waals surface area (Å²) >= 11 is 5.83. The predicted octanol–water partition coefficient (Wildman–Crippen LogP) is 2.86. The SMILES string of the molecule is Cc1nnc(COC(=O)C2(S(=O)(=O)c3ccc(Cl)cc3)CCCC2)o1. The lowest BCUT2D eigenvalue weighted by molar-refractivity contribution is -0.148. The first-order chi connectivity index (χ1) is 11.8. The molecular weight excluding hydrogens is 368 g/mol. The van der Waals surface area contributed by atoms with Crippen molar-refractivity contribution in [3.05, 3.63) is 41.1 Å². The molecule has 1 aliphatic rings. The van der Waals surface area contributed by atoms with Gasteiger partial charge in [0.05, 0.1) is 4.90 Å². The fraction of sp³-hybridized carbons (Fsp3) is 0.438. The molecule has 0 atom stereocenters. The normalized spacial score (nSPS) is 16.7. The summed E-state index contributed by atoms with van der Waals surface area (Å²) in [5, 5.41) is 7.81. The van der Waals surface area contributed by atoms with Crippen LogP contribution in [0.4, 0.5) is 0 Å². The monoisotopic (exact) mass is 384 g/mol. The van der Waals surface area contributed by atoms with E-state index in [4.69, 9.17) is 20.8 Å². The van der Waals surface area contributed by atoms with Crippen molar-refractivity contribution in [2.45, 2.75) is 48.9 Å². The van der Waals surface area contributed by atoms with Gasteiger partial charge in [-0.05, 0) is 37.1 Å². The van der Waals surface area contributed by atoms with Crippen LogP contribution >= 0.6 is 11.6 Å². The molecule has 1 saturated carbocycles. The van der Waals surface area contributed by atoms with Crippen LogP contribution < -0.4 is 0 Å². The molecule has 1 aliphatic carbocycles. The number of nitrogens with zero attached hydrogens (tertiary/aromatic N) is 2. The summed E-state index contributed by atoms with van der Waals surface area (Å²) in [5.41, 5.74) is 0. The molecule has 25 heavy (non-hydrogen) atoms. The standard InChI is InChI=1S/C16H17ClN2O5S/c1-11-18-19-14(24-11)10-23-15(20)16(8-2-3-9-16)25(21,22)13-6-4-12(17)5-7-13/h4-7H,2-3,8-10H2,1H3. The van der Waals surface area contributed by atoms with E-state index in [1.165, 1.54) is 24.3 Å². The van der Waals surface area contributed by atoms with Gasteiger partial charge in [-0.1, -0.05) is 24.4 Å². The lowest BCUT2D eigenvalue weighted by Gasteiger charge is -2.26. The van der Waals surface area contributed by atoms with Crippen molar-refractivity contribution < 1.29 is 22.4 Å². The average Bonchev–Trinajstić information content (AvgIpc) is 3.23. The number of hydrogen-bond donors (Lipinski definition) is 0. The molecule has 134 valence electrons. The number of halogens is 1. The number of rotatable bonds is 5. The van der Waals surface area contributed by atoms with Crippen LogP contribution in [0.1, 0.15) is 37.5 Å². The summed E-state index contributed by atoms with van der Waals surface area (Å²) < 4.78 is 35.0. The Morgan fingerprint density at radius 3 is 2.44 bits per heavy atom. The van der Waals surface area contributed by atoms with E-state index in [-0.39, 0.29) is 30.2 Å². The third-order valence-corrected chi connectivity index (χ3v) is 7.06. The van der Waals surface area contributed by atoms with E-state index >= 15 is 0 Å². The number of aromatic nitrogens is 2. The van der Waals surface area contributed by atoms with Crippen LogP contribution in [0.2, 0.25) is 5.02 Å². The van der Waals surface area contributed by atoms with Crippen LogP contribution in [0.5, 0.6) is 0 Å². The summed E-state index contributed by atoms with van der Waals surface area (Å²) in [5.74, 6) is -0.311. The number of carbonyl (C=O) groups is 1. The van der Waals surface area contributed by atoms with Gasteiger partial charge >= 0.3 is 5.97 Å². The second-order valence-corrected chi connectivity index (χ2v) is 8.65. The largest absolute Gasteiger partial charge is 0.454 e. The minimum Gasteiger partial charge on any atom is -0.454 e. The zero-order valence-electron chi connectivity index (χ0n) is 13.6. The van der Waals surface area contributed by atoms with Crippen LogP contribution in [-0.4, -0.2) is 29.3 Å². The third-order valence-electron chi connectivity index (χ3n) is 4.32. The fourth-order valence-corrected chi connectivity index (χ4v) is 5.20. The number of aryl methyl sites for hydroxylation is 1. The molecule has 1 aromatic carbocycles. The van der Waals surface area contributed by atoms with Gasteiger partial charge in [0.15, 0.2) is 21.2 Å². The number of ether oxygens (including phenoxy) is 1. The Labute approximate surface area is 150 Å². The smallest absolute Gasteiger partial charge is 0.328 e. The van der Waals surface area contributed by atoms with Gasteiger partial charge in [-0.25, -0.2) is 8.42 Å². The first-order valence-corrected chi connectivity index (χ1v) is 9.68. The van der Waals surface area contributed by atoms with Crippen LogP contribution in [-0.2, 0) is 26.0 Å². The summed E-state index contributed by atoms with van der Waals surface area (Å²) in [4.78, 5) is 12.8. The van der Waals surface area contributed by atoms with Crippen LogP contribution in [0, 0.1) is 6.92 Å². The topological polar surface area (TPSA) is 99.4 Å². The third kappa shape index (κ3) is 3.28. The van der Waals surface area contributed by atoms with Crippen molar-refractivity contribution in [3.63, 3.8) is 0 Å². The zero-order valence-corrected chi connectivity index (χ0v) is 15.1. The maximum absolute atomic E-state index is 13.1. The van der Waals surface area contributed by atoms with E-state index in [1.54, 1.807) is 6.92 Å². The predicted molar refractivity (Wildman–Crippen MR) is 88.7 cm³/mol. The molecule has 7 nitrogen and oxygen atoms in total. The molecule has 0 N–H and O–H groups in total. The van der Waals surface area contributed by atoms with Crippen LogP contribution in [0.15, 0.2) is 33.6 Å². The van der Waals surface area contributed by atoms with Gasteiger partial charge in [-0.3, -0.25) is 4.79 Å². The zero-order chi connectivity index (χ0) is 18.1. The van der Waals surface area contributed by atoms with E-state index in [9.17, 15) is 13.2 Å². The second-order valence-electron chi connectivity index (χ2n) is 5.95. The van der Waals surface area contributed by atoms with Crippen molar-refractivity contribution >= 4 is 27.4 Å². The Balaban J connectivity index is 1.87. The Hall–Kier alpha value is -1.93. The van der Waals surface area contributed by atoms with Crippen LogP contribution in [0.25, 0.3) is 0 Å². The van der Waals surface area contributed by atoms with E-state index < -0.39 is 20.6 Å². The minimum absolute atomic E-state index is 0.0596. The quantitative estimate of drug-likeness (QED) is 0.730. The molecule has 0 unspecified atom stereocenters. The molecule has 0 saturated heterocycles. The Bertz CT molecular complexity index is 870. The van der Waals surface area contributed by atoms with E-state index in [1.807, 2.05) is 0 Å². The van der Waals surface area contributed by atoms with Gasteiger partial charge in [0.1, 0.15) is 0 Å². The van der Waals surface area contributed by atoms with Gasteiger partial charge in [0.25, 0.3) is 5.89 Å². The highest BCUT2D eigenvalue weighted by Crippen LogP contribution is 2.41. The summed E-state index contributed by atoms with van der Waals surface area (Å²) in [6.07, 6.45) is 1.72. The van der Waals surface area contributed by atoms with Crippen molar-refractivity contribution in [2.24, 2.45) is 0 Å². The number of hydrogen-bond acceptors (Lipinski definition) is 7. The molecule has 0 aliphatic heterocycles. The maximum Gasteiger partial charge on any atom is 0.328 e.